The molecule has 0 bridgehead atoms. The molecular weight excluding hydrogens is 384 g/mol. The molecule has 3 rings (SSSR count). The highest BCUT2D eigenvalue weighted by molar-refractivity contribution is 7.98. The predicted molar refractivity (Wildman–Crippen MR) is 107 cm³/mol. The molecule has 0 aromatic heterocycles. The highest BCUT2D eigenvalue weighted by Gasteiger charge is 2.28. The Kier molecular flexibility index (Phi) is 6.21. The molecule has 8 heteroatoms. The average Bonchev–Trinajstić information content (AvgIpc) is 2.70. The molecule has 0 saturated carbocycles. The summed E-state index contributed by atoms with van der Waals surface area (Å²) in [5, 5.41) is 2.78. The summed E-state index contributed by atoms with van der Waals surface area (Å²) in [6.07, 6.45) is 1.97. The number of anilines is 1. The molecule has 1 aliphatic rings. The molecule has 1 N–H and O–H groups in total. The number of rotatable bonds is 5. The summed E-state index contributed by atoms with van der Waals surface area (Å²) in [7, 11) is -3.63. The van der Waals surface area contributed by atoms with Crippen LogP contribution in [0.1, 0.15) is 15.9 Å². The lowest BCUT2D eigenvalue weighted by Gasteiger charge is -2.26. The molecule has 27 heavy (non-hydrogen) atoms. The molecule has 2 aromatic carbocycles. The van der Waals surface area contributed by atoms with Gasteiger partial charge in [0.25, 0.3) is 5.91 Å². The molecular formula is C19H22N2O4S2. The molecule has 1 aliphatic heterocycles. The van der Waals surface area contributed by atoms with Crippen LogP contribution in [0.2, 0.25) is 0 Å². The number of nitrogens with zero attached hydrogens (tertiary/aromatic N) is 1. The average molecular weight is 407 g/mol. The molecule has 2 aromatic rings. The molecule has 0 aliphatic carbocycles. The molecule has 0 atom stereocenters. The van der Waals surface area contributed by atoms with E-state index in [1.54, 1.807) is 43.0 Å². The number of carbonyl (C=O) groups is 1. The molecule has 0 unspecified atom stereocenters. The lowest BCUT2D eigenvalue weighted by atomic mass is 10.2. The smallest absolute Gasteiger partial charge is 0.255 e. The van der Waals surface area contributed by atoms with Crippen molar-refractivity contribution in [3.8, 4) is 0 Å². The quantitative estimate of drug-likeness (QED) is 0.773. The molecule has 1 saturated heterocycles. The van der Waals surface area contributed by atoms with Gasteiger partial charge in [0.1, 0.15) is 0 Å². The molecule has 6 nitrogen and oxygen atoms in total. The van der Waals surface area contributed by atoms with Gasteiger partial charge in [-0.25, -0.2) is 8.42 Å². The van der Waals surface area contributed by atoms with E-state index in [4.69, 9.17) is 4.74 Å². The number of ether oxygens (including phenoxy) is 1. The van der Waals surface area contributed by atoms with E-state index < -0.39 is 10.0 Å². The summed E-state index contributed by atoms with van der Waals surface area (Å²) in [5.41, 5.74) is 1.61. The van der Waals surface area contributed by atoms with Gasteiger partial charge in [-0.05, 0) is 55.1 Å². The van der Waals surface area contributed by atoms with Crippen molar-refractivity contribution in [2.24, 2.45) is 0 Å². The van der Waals surface area contributed by atoms with E-state index in [0.29, 0.717) is 43.1 Å². The zero-order valence-electron chi connectivity index (χ0n) is 15.3. The minimum absolute atomic E-state index is 0.208. The maximum Gasteiger partial charge on any atom is 0.255 e. The first kappa shape index (κ1) is 19.9. The first-order chi connectivity index (χ1) is 12.9. The van der Waals surface area contributed by atoms with Gasteiger partial charge in [0, 0.05) is 29.2 Å². The first-order valence-electron chi connectivity index (χ1n) is 8.56. The van der Waals surface area contributed by atoms with E-state index in [1.807, 2.05) is 18.4 Å². The van der Waals surface area contributed by atoms with E-state index in [-0.39, 0.29) is 10.8 Å². The number of hydrogen-bond acceptors (Lipinski definition) is 5. The second kappa shape index (κ2) is 8.43. The van der Waals surface area contributed by atoms with Crippen LogP contribution in [0.15, 0.2) is 52.3 Å². The van der Waals surface area contributed by atoms with Gasteiger partial charge in [0.05, 0.1) is 18.1 Å². The van der Waals surface area contributed by atoms with E-state index in [2.05, 4.69) is 5.32 Å². The topological polar surface area (TPSA) is 75.7 Å². The molecule has 144 valence electrons. The third kappa shape index (κ3) is 4.52. The van der Waals surface area contributed by atoms with Crippen molar-refractivity contribution in [2.45, 2.75) is 16.7 Å². The fraction of sp³-hybridized carbons (Fsp3) is 0.316. The van der Waals surface area contributed by atoms with Crippen molar-refractivity contribution in [3.63, 3.8) is 0 Å². The number of morpholine rings is 1. The minimum Gasteiger partial charge on any atom is -0.379 e. The van der Waals surface area contributed by atoms with Gasteiger partial charge in [0.2, 0.25) is 10.0 Å². The fourth-order valence-electron chi connectivity index (χ4n) is 2.83. The Hall–Kier alpha value is -1.87. The fourth-order valence-corrected chi connectivity index (χ4v) is 4.89. The van der Waals surface area contributed by atoms with Crippen LogP contribution >= 0.6 is 11.8 Å². The predicted octanol–water partition coefficient (Wildman–Crippen LogP) is 2.99. The van der Waals surface area contributed by atoms with Gasteiger partial charge in [-0.2, -0.15) is 4.31 Å². The highest BCUT2D eigenvalue weighted by atomic mass is 32.2. The van der Waals surface area contributed by atoms with E-state index >= 15 is 0 Å². The number of aryl methyl sites for hydroxylation is 1. The number of carbonyl (C=O) groups excluding carboxylic acids is 1. The molecule has 0 radical (unpaired) electrons. The van der Waals surface area contributed by atoms with Crippen LogP contribution in [0.3, 0.4) is 0 Å². The molecule has 0 spiro atoms. The van der Waals surface area contributed by atoms with E-state index in [9.17, 15) is 13.2 Å². The number of benzene rings is 2. The number of amides is 1. The Balaban J connectivity index is 1.83. The van der Waals surface area contributed by atoms with E-state index in [0.717, 1.165) is 4.90 Å². The first-order valence-corrected chi connectivity index (χ1v) is 11.2. The van der Waals surface area contributed by atoms with Crippen molar-refractivity contribution >= 4 is 33.4 Å². The third-order valence-electron chi connectivity index (χ3n) is 4.39. The Morgan fingerprint density at radius 1 is 1.11 bits per heavy atom. The standard InChI is InChI=1S/C19H22N2O4S2/c1-14-3-6-16(20-19(22)15-4-7-17(26-2)8-5-15)13-18(14)27(23,24)21-9-11-25-12-10-21/h3-8,13H,9-12H2,1-2H3,(H,20,22). The van der Waals surface area contributed by atoms with Crippen molar-refractivity contribution in [3.05, 3.63) is 53.6 Å². The van der Waals surface area contributed by atoms with Crippen LogP contribution in [-0.4, -0.2) is 51.2 Å². The molecule has 1 fully saturated rings. The van der Waals surface area contributed by atoms with Crippen molar-refractivity contribution in [2.75, 3.05) is 37.9 Å². The number of thioether (sulfide) groups is 1. The SMILES string of the molecule is CSc1ccc(C(=O)Nc2ccc(C)c(S(=O)(=O)N3CCOCC3)c2)cc1. The lowest BCUT2D eigenvalue weighted by molar-refractivity contribution is 0.0730. The van der Waals surface area contributed by atoms with Crippen molar-refractivity contribution in [1.29, 1.82) is 0 Å². The summed E-state index contributed by atoms with van der Waals surface area (Å²) in [5.74, 6) is -0.277. The van der Waals surface area contributed by atoms with Gasteiger partial charge in [-0.15, -0.1) is 11.8 Å². The summed E-state index contributed by atoms with van der Waals surface area (Å²) < 4.78 is 32.5. The Morgan fingerprint density at radius 2 is 1.78 bits per heavy atom. The second-order valence-corrected chi connectivity index (χ2v) is 8.97. The maximum atomic E-state index is 12.9. The van der Waals surface area contributed by atoms with Gasteiger partial charge >= 0.3 is 0 Å². The minimum atomic E-state index is -3.63. The Bertz CT molecular complexity index is 921. The van der Waals surface area contributed by atoms with Crippen LogP contribution in [0, 0.1) is 6.92 Å². The monoisotopic (exact) mass is 406 g/mol. The van der Waals surface area contributed by atoms with Crippen LogP contribution in [0.5, 0.6) is 0 Å². The summed E-state index contributed by atoms with van der Waals surface area (Å²) >= 11 is 1.60. The largest absolute Gasteiger partial charge is 0.379 e. The molecule has 1 heterocycles. The third-order valence-corrected chi connectivity index (χ3v) is 7.17. The maximum absolute atomic E-state index is 12.9. The van der Waals surface area contributed by atoms with Crippen LogP contribution < -0.4 is 5.32 Å². The zero-order valence-corrected chi connectivity index (χ0v) is 16.9. The van der Waals surface area contributed by atoms with Crippen molar-refractivity contribution < 1.29 is 17.9 Å². The van der Waals surface area contributed by atoms with E-state index in [1.165, 1.54) is 10.4 Å². The number of nitrogens with one attached hydrogen (secondary N) is 1. The van der Waals surface area contributed by atoms with Gasteiger partial charge in [-0.3, -0.25) is 4.79 Å². The van der Waals surface area contributed by atoms with Crippen LogP contribution in [-0.2, 0) is 14.8 Å². The zero-order chi connectivity index (χ0) is 19.4. The van der Waals surface area contributed by atoms with Gasteiger partial charge < -0.3 is 10.1 Å². The summed E-state index contributed by atoms with van der Waals surface area (Å²) in [6.45, 7) is 3.20. The number of sulfonamides is 1. The van der Waals surface area contributed by atoms with Crippen LogP contribution in [0.25, 0.3) is 0 Å². The van der Waals surface area contributed by atoms with Crippen LogP contribution in [0.4, 0.5) is 5.69 Å². The summed E-state index contributed by atoms with van der Waals surface area (Å²) in [6, 6.07) is 12.2. The Labute approximate surface area is 164 Å². The second-order valence-electron chi connectivity index (χ2n) is 6.18. The summed E-state index contributed by atoms with van der Waals surface area (Å²) in [4.78, 5) is 13.7. The van der Waals surface area contributed by atoms with Crippen molar-refractivity contribution in [1.82, 2.24) is 4.31 Å². The Morgan fingerprint density at radius 3 is 2.41 bits per heavy atom. The highest BCUT2D eigenvalue weighted by Crippen LogP contribution is 2.25. The van der Waals surface area contributed by atoms with Gasteiger partial charge in [-0.1, -0.05) is 6.07 Å². The normalized spacial score (nSPS) is 15.5. The lowest BCUT2D eigenvalue weighted by Crippen LogP contribution is -2.40. The number of hydrogen-bond donors (Lipinski definition) is 1. The molecule has 1 amide bonds. The van der Waals surface area contributed by atoms with Gasteiger partial charge in [0.15, 0.2) is 0 Å².